The zero-order chi connectivity index (χ0) is 16.4. The van der Waals surface area contributed by atoms with Crippen LogP contribution in [0.15, 0.2) is 48.7 Å². The van der Waals surface area contributed by atoms with E-state index in [9.17, 15) is 14.0 Å². The lowest BCUT2D eigenvalue weighted by Gasteiger charge is -2.04. The molecule has 5 nitrogen and oxygen atoms in total. The summed E-state index contributed by atoms with van der Waals surface area (Å²) in [7, 11) is 0. The van der Waals surface area contributed by atoms with E-state index in [0.717, 1.165) is 0 Å². The van der Waals surface area contributed by atoms with Gasteiger partial charge in [0.1, 0.15) is 5.82 Å². The van der Waals surface area contributed by atoms with Crippen molar-refractivity contribution in [1.82, 2.24) is 4.98 Å². The Morgan fingerprint density at radius 2 is 1.87 bits per heavy atom. The van der Waals surface area contributed by atoms with E-state index >= 15 is 0 Å². The van der Waals surface area contributed by atoms with Crippen molar-refractivity contribution < 1.29 is 14.0 Å². The highest BCUT2D eigenvalue weighted by Gasteiger charge is 2.20. The lowest BCUT2D eigenvalue weighted by atomic mass is 10.1. The fourth-order valence-corrected chi connectivity index (χ4v) is 2.22. The number of anilines is 1. The first-order valence-electron chi connectivity index (χ1n) is 6.71. The molecule has 0 aliphatic rings. The van der Waals surface area contributed by atoms with Gasteiger partial charge in [0, 0.05) is 22.8 Å². The number of aromatic amines is 1. The molecule has 23 heavy (non-hydrogen) atoms. The van der Waals surface area contributed by atoms with Crippen molar-refractivity contribution in [3.05, 3.63) is 65.6 Å². The molecule has 1 aromatic heterocycles. The van der Waals surface area contributed by atoms with Gasteiger partial charge >= 0.3 is 0 Å². The monoisotopic (exact) mass is 307 g/mol. The Labute approximate surface area is 130 Å². The van der Waals surface area contributed by atoms with Crippen molar-refractivity contribution in [3.63, 3.8) is 0 Å². The molecule has 0 bridgehead atoms. The maximum Gasteiger partial charge on any atom is 0.296 e. The normalized spacial score (nSPS) is 10.3. The van der Waals surface area contributed by atoms with Crippen LogP contribution in [0.4, 0.5) is 10.1 Å². The van der Waals surface area contributed by atoms with Crippen LogP contribution in [-0.4, -0.2) is 16.7 Å². The quantitative estimate of drug-likeness (QED) is 0.576. The summed E-state index contributed by atoms with van der Waals surface area (Å²) in [6, 6.07) is 12.0. The number of halogens is 1. The second-order valence-electron chi connectivity index (χ2n) is 4.86. The van der Waals surface area contributed by atoms with Gasteiger partial charge in [-0.2, -0.15) is 5.26 Å². The van der Waals surface area contributed by atoms with Gasteiger partial charge in [0.2, 0.25) is 0 Å². The van der Waals surface area contributed by atoms with Crippen LogP contribution in [0.2, 0.25) is 0 Å². The Balaban J connectivity index is 1.83. The van der Waals surface area contributed by atoms with Crippen molar-refractivity contribution in [2.24, 2.45) is 0 Å². The number of nitrogens with zero attached hydrogens (tertiary/aromatic N) is 1. The van der Waals surface area contributed by atoms with Crippen molar-refractivity contribution >= 4 is 28.3 Å². The van der Waals surface area contributed by atoms with Crippen LogP contribution in [0.5, 0.6) is 0 Å². The van der Waals surface area contributed by atoms with Crippen LogP contribution in [0.3, 0.4) is 0 Å². The van der Waals surface area contributed by atoms with Gasteiger partial charge in [-0.15, -0.1) is 0 Å². The molecule has 3 rings (SSSR count). The number of benzene rings is 2. The average molecular weight is 307 g/mol. The van der Waals surface area contributed by atoms with Gasteiger partial charge < -0.3 is 10.3 Å². The van der Waals surface area contributed by atoms with Crippen LogP contribution in [0, 0.1) is 17.1 Å². The molecule has 1 heterocycles. The number of fused-ring (bicyclic) bond motifs is 1. The van der Waals surface area contributed by atoms with E-state index in [2.05, 4.69) is 10.3 Å². The molecule has 0 atom stereocenters. The number of H-pyrrole nitrogens is 1. The molecule has 0 aliphatic carbocycles. The highest BCUT2D eigenvalue weighted by atomic mass is 19.1. The molecule has 0 radical (unpaired) electrons. The van der Waals surface area contributed by atoms with Crippen LogP contribution < -0.4 is 5.32 Å². The number of carbonyl (C=O) groups is 2. The minimum atomic E-state index is -0.806. The summed E-state index contributed by atoms with van der Waals surface area (Å²) in [4.78, 5) is 27.1. The summed E-state index contributed by atoms with van der Waals surface area (Å²) in [5.41, 5.74) is 1.48. The van der Waals surface area contributed by atoms with Gasteiger partial charge in [0.25, 0.3) is 11.7 Å². The van der Waals surface area contributed by atoms with Crippen LogP contribution in [-0.2, 0) is 4.79 Å². The molecule has 0 unspecified atom stereocenters. The summed E-state index contributed by atoms with van der Waals surface area (Å²) in [6.07, 6.45) is 1.38. The van der Waals surface area contributed by atoms with Gasteiger partial charge in [-0.3, -0.25) is 9.59 Å². The van der Waals surface area contributed by atoms with E-state index < -0.39 is 17.5 Å². The van der Waals surface area contributed by atoms with Crippen molar-refractivity contribution in [2.75, 3.05) is 5.32 Å². The summed E-state index contributed by atoms with van der Waals surface area (Å²) in [6.45, 7) is 0. The fraction of sp³-hybridized carbons (Fsp3) is 0. The lowest BCUT2D eigenvalue weighted by Crippen LogP contribution is -2.22. The molecule has 3 aromatic rings. The van der Waals surface area contributed by atoms with Gasteiger partial charge in [0.05, 0.1) is 17.2 Å². The number of nitrogens with one attached hydrogen (secondary N) is 2. The van der Waals surface area contributed by atoms with E-state index in [4.69, 9.17) is 5.26 Å². The molecular formula is C17H10FN3O2. The van der Waals surface area contributed by atoms with Gasteiger partial charge in [0.15, 0.2) is 0 Å². The van der Waals surface area contributed by atoms with E-state index in [1.165, 1.54) is 48.7 Å². The maximum absolute atomic E-state index is 13.1. The smallest absolute Gasteiger partial charge is 0.296 e. The number of rotatable bonds is 3. The van der Waals surface area contributed by atoms with Crippen LogP contribution >= 0.6 is 0 Å². The molecule has 0 saturated carbocycles. The third-order valence-electron chi connectivity index (χ3n) is 3.37. The molecule has 1 amide bonds. The van der Waals surface area contributed by atoms with E-state index in [0.29, 0.717) is 22.2 Å². The van der Waals surface area contributed by atoms with E-state index in [1.54, 1.807) is 0 Å². The standard InChI is InChI=1S/C17H10FN3O2/c18-11-3-6-13-14(9-20-15(13)7-11)16(22)17(23)21-12-4-1-10(8-19)2-5-12/h1-7,9,20H,(H,21,23). The third kappa shape index (κ3) is 2.80. The Morgan fingerprint density at radius 1 is 1.13 bits per heavy atom. The van der Waals surface area contributed by atoms with Crippen molar-refractivity contribution in [3.8, 4) is 6.07 Å². The second-order valence-corrected chi connectivity index (χ2v) is 4.86. The van der Waals surface area contributed by atoms with Crippen LogP contribution in [0.25, 0.3) is 10.9 Å². The summed E-state index contributed by atoms with van der Waals surface area (Å²) < 4.78 is 13.1. The average Bonchev–Trinajstić information content (AvgIpc) is 2.97. The largest absolute Gasteiger partial charge is 0.360 e. The Bertz CT molecular complexity index is 952. The maximum atomic E-state index is 13.1. The third-order valence-corrected chi connectivity index (χ3v) is 3.37. The first kappa shape index (κ1) is 14.5. The zero-order valence-electron chi connectivity index (χ0n) is 11.8. The zero-order valence-corrected chi connectivity index (χ0v) is 11.8. The SMILES string of the molecule is N#Cc1ccc(NC(=O)C(=O)c2c[nH]c3cc(F)ccc23)cc1. The number of aromatic nitrogens is 1. The van der Waals surface area contributed by atoms with Crippen molar-refractivity contribution in [1.29, 1.82) is 5.26 Å². The lowest BCUT2D eigenvalue weighted by molar-refractivity contribution is -0.112. The Morgan fingerprint density at radius 3 is 2.57 bits per heavy atom. The van der Waals surface area contributed by atoms with Crippen molar-refractivity contribution in [2.45, 2.75) is 0 Å². The molecule has 112 valence electrons. The summed E-state index contributed by atoms with van der Waals surface area (Å²) in [5, 5.41) is 11.7. The number of hydrogen-bond acceptors (Lipinski definition) is 3. The minimum Gasteiger partial charge on any atom is -0.360 e. The minimum absolute atomic E-state index is 0.172. The van der Waals surface area contributed by atoms with E-state index in [-0.39, 0.29) is 5.56 Å². The Kier molecular flexibility index (Phi) is 3.61. The molecule has 6 heteroatoms. The number of carbonyl (C=O) groups excluding carboxylic acids is 2. The fourth-order valence-electron chi connectivity index (χ4n) is 2.22. The molecule has 2 N–H and O–H groups in total. The first-order valence-corrected chi connectivity index (χ1v) is 6.71. The van der Waals surface area contributed by atoms with Gasteiger partial charge in [-0.25, -0.2) is 4.39 Å². The Hall–Kier alpha value is -3.46. The summed E-state index contributed by atoms with van der Waals surface area (Å²) in [5.74, 6) is -1.97. The van der Waals surface area contributed by atoms with Gasteiger partial charge in [-0.05, 0) is 42.5 Å². The number of nitriles is 1. The number of Topliss-reactive ketones (excluding diaryl/α,β-unsaturated/α-hetero) is 1. The number of hydrogen-bond donors (Lipinski definition) is 2. The first-order chi connectivity index (χ1) is 11.1. The molecule has 0 spiro atoms. The highest BCUT2D eigenvalue weighted by molar-refractivity contribution is 6.48. The molecular weight excluding hydrogens is 297 g/mol. The number of ketones is 1. The predicted octanol–water partition coefficient (Wildman–Crippen LogP) is 3.00. The van der Waals surface area contributed by atoms with Crippen LogP contribution in [0.1, 0.15) is 15.9 Å². The van der Waals surface area contributed by atoms with Gasteiger partial charge in [-0.1, -0.05) is 0 Å². The highest BCUT2D eigenvalue weighted by Crippen LogP contribution is 2.20. The second kappa shape index (κ2) is 5.73. The predicted molar refractivity (Wildman–Crippen MR) is 82.4 cm³/mol. The molecule has 0 fully saturated rings. The molecule has 0 saturated heterocycles. The molecule has 2 aromatic carbocycles. The van der Waals surface area contributed by atoms with E-state index in [1.807, 2.05) is 6.07 Å². The number of amides is 1. The topological polar surface area (TPSA) is 85.8 Å². The molecule has 0 aliphatic heterocycles. The summed E-state index contributed by atoms with van der Waals surface area (Å²) >= 11 is 0.